The minimum absolute atomic E-state index is 0.357. The molecule has 3 aromatic rings. The first-order chi connectivity index (χ1) is 18.5. The van der Waals surface area contributed by atoms with Crippen LogP contribution in [0.1, 0.15) is 24.0 Å². The predicted molar refractivity (Wildman–Crippen MR) is 141 cm³/mol. The van der Waals surface area contributed by atoms with Crippen molar-refractivity contribution in [3.05, 3.63) is 78.1 Å². The summed E-state index contributed by atoms with van der Waals surface area (Å²) in [6.07, 6.45) is 3.25. The SMILES string of the molecule is O=C(O)CN1C(=O)N(CCCCN2CCN(c3ccco3)CC2)C2(C1=O)c1ccccc1-c1ccccc12. The van der Waals surface area contributed by atoms with E-state index in [4.69, 9.17) is 4.42 Å². The molecule has 3 aliphatic rings. The molecule has 196 valence electrons. The number of carbonyl (C=O) groups excluding carboxylic acids is 2. The molecular formula is C29H30N4O5. The number of rotatable bonds is 8. The van der Waals surface area contributed by atoms with Crippen LogP contribution in [0.25, 0.3) is 11.1 Å². The van der Waals surface area contributed by atoms with Gasteiger partial charge in [0.25, 0.3) is 5.91 Å². The van der Waals surface area contributed by atoms with Crippen molar-refractivity contribution < 1.29 is 23.9 Å². The summed E-state index contributed by atoms with van der Waals surface area (Å²) >= 11 is 0. The third kappa shape index (κ3) is 3.77. The van der Waals surface area contributed by atoms with Gasteiger partial charge in [-0.25, -0.2) is 4.79 Å². The van der Waals surface area contributed by atoms with Crippen LogP contribution < -0.4 is 4.90 Å². The number of carbonyl (C=O) groups is 3. The van der Waals surface area contributed by atoms with Crippen LogP contribution in [0.4, 0.5) is 10.7 Å². The molecule has 0 saturated carbocycles. The lowest BCUT2D eigenvalue weighted by Gasteiger charge is -2.35. The smallest absolute Gasteiger partial charge is 0.328 e. The Morgan fingerprint density at radius 1 is 0.842 bits per heavy atom. The first kappa shape index (κ1) is 24.2. The Balaban J connectivity index is 1.21. The molecule has 1 N–H and O–H groups in total. The van der Waals surface area contributed by atoms with Crippen molar-refractivity contribution in [3.8, 4) is 11.1 Å². The number of unbranched alkanes of at least 4 members (excludes halogenated alkanes) is 1. The minimum atomic E-state index is -1.34. The van der Waals surface area contributed by atoms with E-state index in [1.807, 2.05) is 60.7 Å². The highest BCUT2D eigenvalue weighted by molar-refractivity contribution is 6.14. The Morgan fingerprint density at radius 2 is 1.47 bits per heavy atom. The van der Waals surface area contributed by atoms with E-state index in [9.17, 15) is 19.5 Å². The highest BCUT2D eigenvalue weighted by Gasteiger charge is 2.63. The molecule has 1 aromatic heterocycles. The van der Waals surface area contributed by atoms with E-state index >= 15 is 0 Å². The van der Waals surface area contributed by atoms with Crippen molar-refractivity contribution in [2.45, 2.75) is 18.4 Å². The van der Waals surface area contributed by atoms with Crippen LogP contribution in [0, 0.1) is 0 Å². The zero-order valence-electron chi connectivity index (χ0n) is 21.1. The lowest BCUT2D eigenvalue weighted by Crippen LogP contribution is -2.47. The van der Waals surface area contributed by atoms with Crippen molar-refractivity contribution in [1.82, 2.24) is 14.7 Å². The van der Waals surface area contributed by atoms with Crippen molar-refractivity contribution in [3.63, 3.8) is 0 Å². The molecule has 0 radical (unpaired) electrons. The highest BCUT2D eigenvalue weighted by Crippen LogP contribution is 2.54. The van der Waals surface area contributed by atoms with Crippen molar-refractivity contribution in [2.75, 3.05) is 50.7 Å². The second kappa shape index (κ2) is 9.64. The number of hydrogen-bond donors (Lipinski definition) is 1. The molecule has 9 heteroatoms. The molecule has 6 rings (SSSR count). The topological polar surface area (TPSA) is 97.5 Å². The van der Waals surface area contributed by atoms with E-state index in [1.54, 1.807) is 11.2 Å². The number of anilines is 1. The monoisotopic (exact) mass is 514 g/mol. The molecule has 3 amide bonds. The number of furan rings is 1. The number of imide groups is 1. The quantitative estimate of drug-likeness (QED) is 0.363. The van der Waals surface area contributed by atoms with E-state index in [0.29, 0.717) is 13.0 Å². The van der Waals surface area contributed by atoms with Gasteiger partial charge < -0.3 is 19.3 Å². The van der Waals surface area contributed by atoms with Crippen LogP contribution in [0.3, 0.4) is 0 Å². The fourth-order valence-electron chi connectivity index (χ4n) is 6.21. The summed E-state index contributed by atoms with van der Waals surface area (Å²) in [7, 11) is 0. The van der Waals surface area contributed by atoms with Gasteiger partial charge in [-0.15, -0.1) is 0 Å². The maximum Gasteiger partial charge on any atom is 0.328 e. The molecule has 2 saturated heterocycles. The Morgan fingerprint density at radius 3 is 2.08 bits per heavy atom. The molecule has 0 bridgehead atoms. The Kier molecular flexibility index (Phi) is 6.15. The van der Waals surface area contributed by atoms with E-state index in [0.717, 1.165) is 72.2 Å². The number of piperazine rings is 1. The van der Waals surface area contributed by atoms with Gasteiger partial charge in [-0.05, 0) is 47.7 Å². The van der Waals surface area contributed by atoms with Gasteiger partial charge in [0.2, 0.25) is 0 Å². The summed E-state index contributed by atoms with van der Waals surface area (Å²) < 4.78 is 5.51. The Labute approximate surface area is 220 Å². The van der Waals surface area contributed by atoms with Gasteiger partial charge in [-0.3, -0.25) is 19.4 Å². The van der Waals surface area contributed by atoms with Crippen molar-refractivity contribution >= 4 is 23.8 Å². The fourth-order valence-corrected chi connectivity index (χ4v) is 6.21. The third-order valence-electron chi connectivity index (χ3n) is 7.93. The average Bonchev–Trinajstić information content (AvgIpc) is 3.62. The summed E-state index contributed by atoms with van der Waals surface area (Å²) in [5.74, 6) is -0.802. The molecule has 0 atom stereocenters. The molecule has 38 heavy (non-hydrogen) atoms. The fraction of sp³-hybridized carbons (Fsp3) is 0.345. The molecule has 1 aliphatic carbocycles. The van der Waals surface area contributed by atoms with E-state index in [-0.39, 0.29) is 0 Å². The van der Waals surface area contributed by atoms with Gasteiger partial charge in [0.05, 0.1) is 6.26 Å². The number of nitrogens with zero attached hydrogens (tertiary/aromatic N) is 4. The third-order valence-corrected chi connectivity index (χ3v) is 7.93. The zero-order valence-corrected chi connectivity index (χ0v) is 21.1. The number of carboxylic acids is 1. The second-order valence-corrected chi connectivity index (χ2v) is 10.0. The number of aliphatic carboxylic acids is 1. The Hall–Kier alpha value is -4.11. The molecule has 2 fully saturated rings. The van der Waals surface area contributed by atoms with E-state index in [1.165, 1.54) is 0 Å². The van der Waals surface area contributed by atoms with Gasteiger partial charge in [0, 0.05) is 38.8 Å². The molecule has 1 spiro atoms. The lowest BCUT2D eigenvalue weighted by atomic mass is 9.85. The number of amides is 3. The summed E-state index contributed by atoms with van der Waals surface area (Å²) in [6.45, 7) is 4.25. The first-order valence-corrected chi connectivity index (χ1v) is 13.1. The summed E-state index contributed by atoms with van der Waals surface area (Å²) in [6, 6.07) is 18.6. The molecule has 9 nitrogen and oxygen atoms in total. The average molecular weight is 515 g/mol. The standard InChI is InChI=1S/C29H30N4O5/c34-26(35)20-32-27(36)29(23-10-3-1-8-21(23)22-9-2-4-11-24(22)29)33(28(32)37)14-6-5-13-30-15-17-31(18-16-30)25-12-7-19-38-25/h1-4,7-12,19H,5-6,13-18,20H2,(H,34,35). The molecule has 3 heterocycles. The Bertz CT molecular complexity index is 1320. The zero-order chi connectivity index (χ0) is 26.3. The van der Waals surface area contributed by atoms with Crippen molar-refractivity contribution in [1.29, 1.82) is 0 Å². The minimum Gasteiger partial charge on any atom is -0.480 e. The lowest BCUT2D eigenvalue weighted by molar-refractivity contribution is -0.142. The number of hydrogen-bond acceptors (Lipinski definition) is 6. The number of carboxylic acid groups (broad SMARTS) is 1. The number of benzene rings is 2. The summed E-state index contributed by atoms with van der Waals surface area (Å²) in [4.78, 5) is 46.4. The predicted octanol–water partition coefficient (Wildman–Crippen LogP) is 3.45. The highest BCUT2D eigenvalue weighted by atomic mass is 16.4. The van der Waals surface area contributed by atoms with Crippen LogP contribution in [-0.2, 0) is 15.1 Å². The molecular weight excluding hydrogens is 484 g/mol. The maximum atomic E-state index is 14.0. The summed E-state index contributed by atoms with van der Waals surface area (Å²) in [5.41, 5.74) is 1.94. The van der Waals surface area contributed by atoms with Crippen LogP contribution in [0.2, 0.25) is 0 Å². The summed E-state index contributed by atoms with van der Waals surface area (Å²) in [5, 5.41) is 9.48. The largest absolute Gasteiger partial charge is 0.480 e. The van der Waals surface area contributed by atoms with Crippen molar-refractivity contribution in [2.24, 2.45) is 0 Å². The normalized spacial score (nSPS) is 18.4. The molecule has 0 unspecified atom stereocenters. The number of urea groups is 1. The van der Waals surface area contributed by atoms with E-state index < -0.39 is 30.0 Å². The van der Waals surface area contributed by atoms with Crippen LogP contribution in [0.5, 0.6) is 0 Å². The van der Waals surface area contributed by atoms with Gasteiger partial charge in [0.1, 0.15) is 6.54 Å². The maximum absolute atomic E-state index is 14.0. The van der Waals surface area contributed by atoms with Gasteiger partial charge in [0.15, 0.2) is 11.4 Å². The van der Waals surface area contributed by atoms with Crippen LogP contribution in [-0.4, -0.2) is 83.5 Å². The van der Waals surface area contributed by atoms with Crippen LogP contribution >= 0.6 is 0 Å². The molecule has 2 aromatic carbocycles. The second-order valence-electron chi connectivity index (χ2n) is 10.0. The first-order valence-electron chi connectivity index (χ1n) is 13.1. The number of fused-ring (bicyclic) bond motifs is 5. The van der Waals surface area contributed by atoms with Gasteiger partial charge >= 0.3 is 12.0 Å². The van der Waals surface area contributed by atoms with E-state index in [2.05, 4.69) is 9.80 Å². The van der Waals surface area contributed by atoms with Gasteiger partial charge in [-0.2, -0.15) is 0 Å². The van der Waals surface area contributed by atoms with Gasteiger partial charge in [-0.1, -0.05) is 48.5 Å². The molecule has 2 aliphatic heterocycles. The van der Waals surface area contributed by atoms with Crippen LogP contribution in [0.15, 0.2) is 71.3 Å².